The quantitative estimate of drug-likeness (QED) is 0.438. The summed E-state index contributed by atoms with van der Waals surface area (Å²) in [5, 5.41) is 9.19. The van der Waals surface area contributed by atoms with Crippen molar-refractivity contribution in [1.82, 2.24) is 30.7 Å². The van der Waals surface area contributed by atoms with Gasteiger partial charge >= 0.3 is 0 Å². The number of benzene rings is 1. The number of hydrogen-bond acceptors (Lipinski definition) is 7. The Morgan fingerprint density at radius 2 is 1.77 bits per heavy atom. The van der Waals surface area contributed by atoms with Crippen LogP contribution in [0.25, 0.3) is 0 Å². The van der Waals surface area contributed by atoms with Gasteiger partial charge in [0.2, 0.25) is 23.6 Å². The van der Waals surface area contributed by atoms with Crippen LogP contribution >= 0.6 is 11.8 Å². The van der Waals surface area contributed by atoms with Crippen LogP contribution in [-0.2, 0) is 25.6 Å². The lowest BCUT2D eigenvalue weighted by Crippen LogP contribution is -2.58. The first-order valence-electron chi connectivity index (χ1n) is 14.6. The van der Waals surface area contributed by atoms with Crippen molar-refractivity contribution >= 4 is 41.3 Å². The van der Waals surface area contributed by atoms with E-state index in [1.807, 2.05) is 50.4 Å². The average Bonchev–Trinajstić information content (AvgIpc) is 3.48. The van der Waals surface area contributed by atoms with Crippen LogP contribution < -0.4 is 16.0 Å². The van der Waals surface area contributed by atoms with Crippen LogP contribution in [0, 0.1) is 5.92 Å². The molecule has 1 aromatic carbocycles. The minimum Gasteiger partial charge on any atom is -0.349 e. The highest BCUT2D eigenvalue weighted by Gasteiger charge is 2.39. The first-order chi connectivity index (χ1) is 20.6. The zero-order valence-corrected chi connectivity index (χ0v) is 25.9. The lowest BCUT2D eigenvalue weighted by molar-refractivity contribution is -0.142. The van der Waals surface area contributed by atoms with Gasteiger partial charge in [0, 0.05) is 19.3 Å². The van der Waals surface area contributed by atoms with Gasteiger partial charge in [0.25, 0.3) is 5.91 Å². The third kappa shape index (κ3) is 7.92. The minimum atomic E-state index is -0.913. The van der Waals surface area contributed by atoms with Crippen molar-refractivity contribution in [1.29, 1.82) is 0 Å². The Morgan fingerprint density at radius 3 is 2.47 bits per heavy atom. The Labute approximate surface area is 256 Å². The summed E-state index contributed by atoms with van der Waals surface area (Å²) < 4.78 is 0. The van der Waals surface area contributed by atoms with E-state index in [4.69, 9.17) is 0 Å². The molecular formula is C31H40N6O5S. The van der Waals surface area contributed by atoms with Gasteiger partial charge in [-0.05, 0) is 56.1 Å². The molecule has 2 aromatic rings. The smallest absolute Gasteiger partial charge is 0.257 e. The summed E-state index contributed by atoms with van der Waals surface area (Å²) in [5.74, 6) is -2.37. The maximum Gasteiger partial charge on any atom is 0.257 e. The van der Waals surface area contributed by atoms with Gasteiger partial charge in [-0.1, -0.05) is 44.2 Å². The van der Waals surface area contributed by atoms with E-state index in [2.05, 4.69) is 20.9 Å². The highest BCUT2D eigenvalue weighted by molar-refractivity contribution is 7.98. The Kier molecular flexibility index (Phi) is 10.8. The number of nitrogens with zero attached hydrogens (tertiary/aromatic N) is 3. The summed E-state index contributed by atoms with van der Waals surface area (Å²) in [6.45, 7) is 5.30. The molecule has 0 bridgehead atoms. The summed E-state index contributed by atoms with van der Waals surface area (Å²) in [5.41, 5.74) is 1.27. The fourth-order valence-corrected chi connectivity index (χ4v) is 6.12. The molecule has 0 unspecified atom stereocenters. The Balaban J connectivity index is 1.74. The molecule has 2 saturated heterocycles. The van der Waals surface area contributed by atoms with Gasteiger partial charge in [0.1, 0.15) is 23.2 Å². The van der Waals surface area contributed by atoms with Crippen LogP contribution in [0.5, 0.6) is 0 Å². The van der Waals surface area contributed by atoms with Crippen molar-refractivity contribution in [3.63, 3.8) is 0 Å². The molecule has 0 radical (unpaired) electrons. The maximum atomic E-state index is 14.0. The number of rotatable bonds is 5. The largest absolute Gasteiger partial charge is 0.349 e. The molecule has 4 atom stereocenters. The highest BCUT2D eigenvalue weighted by atomic mass is 32.2. The highest BCUT2D eigenvalue weighted by Crippen LogP contribution is 2.21. The third-order valence-corrected chi connectivity index (χ3v) is 8.47. The molecule has 12 heteroatoms. The monoisotopic (exact) mass is 608 g/mol. The van der Waals surface area contributed by atoms with Crippen LogP contribution in [0.15, 0.2) is 53.7 Å². The van der Waals surface area contributed by atoms with Gasteiger partial charge in [-0.15, -0.1) is 11.8 Å². The lowest BCUT2D eigenvalue weighted by atomic mass is 10.00. The summed E-state index contributed by atoms with van der Waals surface area (Å²) in [7, 11) is 0. The zero-order valence-electron chi connectivity index (χ0n) is 25.0. The number of aromatic nitrogens is 1. The van der Waals surface area contributed by atoms with Crippen molar-refractivity contribution in [2.75, 3.05) is 25.9 Å². The van der Waals surface area contributed by atoms with Gasteiger partial charge < -0.3 is 25.8 Å². The predicted molar refractivity (Wildman–Crippen MR) is 163 cm³/mol. The van der Waals surface area contributed by atoms with Crippen molar-refractivity contribution in [2.24, 2.45) is 5.92 Å². The van der Waals surface area contributed by atoms with E-state index in [0.29, 0.717) is 36.4 Å². The van der Waals surface area contributed by atoms with Crippen molar-refractivity contribution in [2.45, 2.75) is 69.2 Å². The van der Waals surface area contributed by atoms with Crippen molar-refractivity contribution in [3.05, 3.63) is 59.8 Å². The van der Waals surface area contributed by atoms with Crippen LogP contribution in [-0.4, -0.2) is 94.4 Å². The second-order valence-corrected chi connectivity index (χ2v) is 12.1. The number of amides is 5. The molecule has 2 fully saturated rings. The summed E-state index contributed by atoms with van der Waals surface area (Å²) in [6.07, 6.45) is 4.89. The molecule has 0 spiro atoms. The lowest BCUT2D eigenvalue weighted by Gasteiger charge is -2.31. The third-order valence-electron chi connectivity index (χ3n) is 7.76. The van der Waals surface area contributed by atoms with Gasteiger partial charge in [0.15, 0.2) is 0 Å². The normalized spacial score (nSPS) is 24.0. The molecule has 4 rings (SSSR count). The Bertz CT molecular complexity index is 1340. The zero-order chi connectivity index (χ0) is 31.1. The number of nitrogens with one attached hydrogen (secondary N) is 3. The Morgan fingerprint density at radius 1 is 1.02 bits per heavy atom. The number of hydrogen-bond donors (Lipinski definition) is 3. The van der Waals surface area contributed by atoms with Crippen molar-refractivity contribution in [3.8, 4) is 0 Å². The molecule has 3 N–H and O–H groups in total. The number of thioether (sulfide) groups is 1. The molecule has 43 heavy (non-hydrogen) atoms. The summed E-state index contributed by atoms with van der Waals surface area (Å²) in [6, 6.07) is 9.74. The van der Waals surface area contributed by atoms with Crippen LogP contribution in [0.2, 0.25) is 0 Å². The summed E-state index contributed by atoms with van der Waals surface area (Å²) in [4.78, 5) is 75.0. The molecule has 230 valence electrons. The summed E-state index contributed by atoms with van der Waals surface area (Å²) >= 11 is 1.32. The number of pyridine rings is 1. The fraction of sp³-hybridized carbons (Fsp3) is 0.484. The Hall–Kier alpha value is -3.93. The van der Waals surface area contributed by atoms with Crippen LogP contribution in [0.1, 0.15) is 49.5 Å². The molecule has 0 aliphatic carbocycles. The van der Waals surface area contributed by atoms with Crippen molar-refractivity contribution < 1.29 is 24.0 Å². The topological polar surface area (TPSA) is 141 Å². The fourth-order valence-electron chi connectivity index (χ4n) is 5.58. The van der Waals surface area contributed by atoms with Gasteiger partial charge in [0.05, 0.1) is 18.2 Å². The van der Waals surface area contributed by atoms with E-state index in [-0.39, 0.29) is 24.9 Å². The molecule has 2 aliphatic heterocycles. The second kappa shape index (κ2) is 14.5. The van der Waals surface area contributed by atoms with E-state index in [1.54, 1.807) is 25.3 Å². The SMILES string of the molecule is CSc1ncccc1C(=O)N1CC(=O)N[C@@H](C)C(=O)N2CCC[C@@H]2C(=O)N[C@@H](C(C)C)C(=O)N[C@@H](Cc2ccccc2)C1. The minimum absolute atomic E-state index is 0.00540. The van der Waals surface area contributed by atoms with E-state index >= 15 is 0 Å². The molecule has 3 heterocycles. The molecule has 1 aromatic heterocycles. The predicted octanol–water partition coefficient (Wildman–Crippen LogP) is 1.62. The first kappa shape index (κ1) is 32.0. The molecule has 2 aliphatic rings. The van der Waals surface area contributed by atoms with Gasteiger partial charge in [-0.25, -0.2) is 4.98 Å². The number of carbonyl (C=O) groups is 5. The van der Waals surface area contributed by atoms with E-state index < -0.39 is 47.8 Å². The molecule has 5 amide bonds. The molecule has 11 nitrogen and oxygen atoms in total. The molecule has 0 saturated carbocycles. The first-order valence-corrected chi connectivity index (χ1v) is 15.8. The van der Waals surface area contributed by atoms with Gasteiger partial charge in [-0.3, -0.25) is 24.0 Å². The van der Waals surface area contributed by atoms with Crippen LogP contribution in [0.3, 0.4) is 0 Å². The number of fused-ring (bicyclic) bond motifs is 1. The van der Waals surface area contributed by atoms with E-state index in [1.165, 1.54) is 21.6 Å². The van der Waals surface area contributed by atoms with E-state index in [0.717, 1.165) is 5.56 Å². The number of carbonyl (C=O) groups excluding carboxylic acids is 5. The standard InChI is InChI=1S/C31H40N6O5S/c1-19(2)26-28(40)34-22(16-21-10-6-5-7-11-21)17-36(31(42)23-12-8-14-32-29(23)43-4)18-25(38)33-20(3)30(41)37-15-9-13-24(37)27(39)35-26/h5-8,10-12,14,19-20,22,24,26H,9,13,15-18H2,1-4H3,(H,33,38)(H,34,40)(H,35,39)/t20-,22-,24+,26-/m0/s1. The van der Waals surface area contributed by atoms with Crippen LogP contribution in [0.4, 0.5) is 0 Å². The maximum absolute atomic E-state index is 14.0. The van der Waals surface area contributed by atoms with Gasteiger partial charge in [-0.2, -0.15) is 0 Å². The second-order valence-electron chi connectivity index (χ2n) is 11.4. The molecular weight excluding hydrogens is 568 g/mol. The van der Waals surface area contributed by atoms with E-state index in [9.17, 15) is 24.0 Å². The average molecular weight is 609 g/mol.